The first-order chi connectivity index (χ1) is 10.9. The first-order valence-corrected chi connectivity index (χ1v) is 8.42. The molecule has 1 unspecified atom stereocenters. The van der Waals surface area contributed by atoms with Gasteiger partial charge in [-0.1, -0.05) is 81.4 Å². The van der Waals surface area contributed by atoms with Crippen molar-refractivity contribution < 1.29 is 9.53 Å². The molecule has 3 radical (unpaired) electrons. The lowest BCUT2D eigenvalue weighted by Gasteiger charge is -2.37. The van der Waals surface area contributed by atoms with Gasteiger partial charge in [0.25, 0.3) is 0 Å². The van der Waals surface area contributed by atoms with Crippen LogP contribution in [0.1, 0.15) is 44.7 Å². The highest BCUT2D eigenvalue weighted by atomic mass is 28.2. The van der Waals surface area contributed by atoms with E-state index in [2.05, 4.69) is 31.3 Å². The Bertz CT molecular complexity index is 551. The molecular formula is C20H25O2Si. The minimum Gasteiger partial charge on any atom is -0.405 e. The molecule has 0 heterocycles. The third-order valence-electron chi connectivity index (χ3n) is 4.03. The third-order valence-corrected chi connectivity index (χ3v) is 4.37. The Kier molecular flexibility index (Phi) is 5.79. The lowest BCUT2D eigenvalue weighted by Crippen LogP contribution is -2.36. The Morgan fingerprint density at radius 2 is 1.30 bits per heavy atom. The zero-order valence-electron chi connectivity index (χ0n) is 14.1. The van der Waals surface area contributed by atoms with Crippen molar-refractivity contribution in [2.75, 3.05) is 0 Å². The van der Waals surface area contributed by atoms with Gasteiger partial charge in [-0.2, -0.15) is 0 Å². The number of hydrogen-bond donors (Lipinski definition) is 1. The summed E-state index contributed by atoms with van der Waals surface area (Å²) in [5.41, 5.74) is 1.39. The van der Waals surface area contributed by atoms with E-state index < -0.39 is 11.7 Å². The summed E-state index contributed by atoms with van der Waals surface area (Å²) in [7, 11) is 3.30. The van der Waals surface area contributed by atoms with Crippen molar-refractivity contribution in [1.29, 1.82) is 0 Å². The molecule has 0 saturated carbocycles. The van der Waals surface area contributed by atoms with E-state index in [1.807, 2.05) is 60.7 Å². The monoisotopic (exact) mass is 325 g/mol. The van der Waals surface area contributed by atoms with Crippen LogP contribution in [0.3, 0.4) is 0 Å². The molecule has 1 N–H and O–H groups in total. The standard InChI is InChI=1S/C20H25O2Si/c1-19(2,3)14-18(21)15-20(22-23,16-10-6-4-7-11-16)17-12-8-5-9-13-17/h4-13,18,21H,14-15H2,1-3H3. The summed E-state index contributed by atoms with van der Waals surface area (Å²) in [6, 6.07) is 20.1. The van der Waals surface area contributed by atoms with Crippen molar-refractivity contribution in [3.63, 3.8) is 0 Å². The molecule has 0 spiro atoms. The first-order valence-electron chi connectivity index (χ1n) is 8.01. The minimum absolute atomic E-state index is 0.0598. The van der Waals surface area contributed by atoms with Gasteiger partial charge in [-0.25, -0.2) is 0 Å². The highest BCUT2D eigenvalue weighted by Crippen LogP contribution is 2.39. The lowest BCUT2D eigenvalue weighted by molar-refractivity contribution is 0.0256. The Morgan fingerprint density at radius 3 is 1.65 bits per heavy atom. The van der Waals surface area contributed by atoms with Crippen LogP contribution in [0.25, 0.3) is 0 Å². The van der Waals surface area contributed by atoms with Gasteiger partial charge in [-0.05, 0) is 23.0 Å². The van der Waals surface area contributed by atoms with E-state index in [-0.39, 0.29) is 5.41 Å². The van der Waals surface area contributed by atoms with Crippen molar-refractivity contribution >= 4 is 10.5 Å². The van der Waals surface area contributed by atoms with Gasteiger partial charge in [-0.15, -0.1) is 0 Å². The van der Waals surface area contributed by atoms with Crippen LogP contribution in [0.15, 0.2) is 60.7 Å². The molecule has 0 bridgehead atoms. The molecule has 0 saturated heterocycles. The van der Waals surface area contributed by atoms with Crippen LogP contribution in [0.2, 0.25) is 0 Å². The first kappa shape index (κ1) is 17.9. The summed E-state index contributed by atoms with van der Waals surface area (Å²) < 4.78 is 5.84. The molecule has 3 heteroatoms. The molecule has 0 amide bonds. The normalized spacial score (nSPS) is 13.8. The molecule has 2 aromatic rings. The number of benzene rings is 2. The maximum atomic E-state index is 10.7. The SMILES string of the molecule is CC(C)(C)CC(O)CC(O[Si])(c1ccccc1)c1ccccc1. The van der Waals surface area contributed by atoms with Crippen LogP contribution in [-0.4, -0.2) is 21.7 Å². The second-order valence-electron chi connectivity index (χ2n) is 7.28. The van der Waals surface area contributed by atoms with E-state index in [0.717, 1.165) is 11.1 Å². The molecule has 0 fully saturated rings. The smallest absolute Gasteiger partial charge is 0.248 e. The molecule has 23 heavy (non-hydrogen) atoms. The summed E-state index contributed by atoms with van der Waals surface area (Å²) in [4.78, 5) is 0. The van der Waals surface area contributed by atoms with E-state index in [4.69, 9.17) is 4.43 Å². The number of aliphatic hydroxyl groups is 1. The molecular weight excluding hydrogens is 300 g/mol. The average Bonchev–Trinajstić information content (AvgIpc) is 2.52. The van der Waals surface area contributed by atoms with Crippen LogP contribution in [0.4, 0.5) is 0 Å². The summed E-state index contributed by atoms with van der Waals surface area (Å²) in [6.07, 6.45) is 0.734. The summed E-state index contributed by atoms with van der Waals surface area (Å²) in [5, 5.41) is 10.7. The summed E-state index contributed by atoms with van der Waals surface area (Å²) in [6.45, 7) is 6.41. The van der Waals surface area contributed by atoms with Crippen molar-refractivity contribution in [1.82, 2.24) is 0 Å². The molecule has 0 aliphatic heterocycles. The average molecular weight is 326 g/mol. The van der Waals surface area contributed by atoms with Gasteiger partial charge in [0.2, 0.25) is 10.5 Å². The van der Waals surface area contributed by atoms with E-state index in [1.165, 1.54) is 0 Å². The van der Waals surface area contributed by atoms with Crippen LogP contribution in [0, 0.1) is 5.41 Å². The van der Waals surface area contributed by atoms with Gasteiger partial charge in [0.1, 0.15) is 5.60 Å². The molecule has 2 rings (SSSR count). The van der Waals surface area contributed by atoms with E-state index >= 15 is 0 Å². The zero-order valence-corrected chi connectivity index (χ0v) is 15.1. The van der Waals surface area contributed by atoms with Crippen LogP contribution < -0.4 is 0 Å². The third kappa shape index (κ3) is 4.53. The number of aliphatic hydroxyl groups excluding tert-OH is 1. The molecule has 121 valence electrons. The molecule has 0 aliphatic rings. The highest BCUT2D eigenvalue weighted by Gasteiger charge is 2.36. The molecule has 0 aromatic heterocycles. The van der Waals surface area contributed by atoms with Gasteiger partial charge < -0.3 is 9.53 Å². The Hall–Kier alpha value is -1.42. The van der Waals surface area contributed by atoms with Crippen molar-refractivity contribution in [3.05, 3.63) is 71.8 Å². The Labute approximate surface area is 143 Å². The van der Waals surface area contributed by atoms with Gasteiger partial charge >= 0.3 is 0 Å². The predicted molar refractivity (Wildman–Crippen MR) is 95.2 cm³/mol. The van der Waals surface area contributed by atoms with Crippen molar-refractivity contribution in [2.45, 2.75) is 45.3 Å². The maximum absolute atomic E-state index is 10.7. The molecule has 0 aliphatic carbocycles. The Morgan fingerprint density at radius 1 is 0.870 bits per heavy atom. The van der Waals surface area contributed by atoms with Gasteiger partial charge in [0, 0.05) is 6.42 Å². The second-order valence-corrected chi connectivity index (χ2v) is 7.49. The van der Waals surface area contributed by atoms with E-state index in [9.17, 15) is 5.11 Å². The predicted octanol–water partition coefficient (Wildman–Crippen LogP) is 4.22. The summed E-state index contributed by atoms with van der Waals surface area (Å²) in [5.74, 6) is 0. The fraction of sp³-hybridized carbons (Fsp3) is 0.400. The second kappa shape index (κ2) is 7.43. The summed E-state index contributed by atoms with van der Waals surface area (Å²) >= 11 is 0. The van der Waals surface area contributed by atoms with Crippen molar-refractivity contribution in [2.24, 2.45) is 5.41 Å². The minimum atomic E-state index is -0.718. The van der Waals surface area contributed by atoms with Gasteiger partial charge in [0.15, 0.2) is 0 Å². The largest absolute Gasteiger partial charge is 0.405 e. The molecule has 2 aromatic carbocycles. The number of rotatable bonds is 6. The molecule has 2 nitrogen and oxygen atoms in total. The van der Waals surface area contributed by atoms with Gasteiger partial charge in [0.05, 0.1) is 6.10 Å². The van der Waals surface area contributed by atoms with Crippen molar-refractivity contribution in [3.8, 4) is 0 Å². The van der Waals surface area contributed by atoms with Crippen LogP contribution in [0.5, 0.6) is 0 Å². The van der Waals surface area contributed by atoms with Crippen LogP contribution in [-0.2, 0) is 10.0 Å². The fourth-order valence-corrected chi connectivity index (χ4v) is 3.41. The number of hydrogen-bond acceptors (Lipinski definition) is 2. The van der Waals surface area contributed by atoms with Gasteiger partial charge in [-0.3, -0.25) is 0 Å². The quantitative estimate of drug-likeness (QED) is 0.806. The lowest BCUT2D eigenvalue weighted by atomic mass is 9.78. The Balaban J connectivity index is 2.43. The zero-order chi connectivity index (χ0) is 16.9. The molecule has 1 atom stereocenters. The topological polar surface area (TPSA) is 29.5 Å². The van der Waals surface area contributed by atoms with E-state index in [0.29, 0.717) is 12.8 Å². The highest BCUT2D eigenvalue weighted by molar-refractivity contribution is 5.98. The maximum Gasteiger partial charge on any atom is 0.248 e. The van der Waals surface area contributed by atoms with E-state index in [1.54, 1.807) is 0 Å². The van der Waals surface area contributed by atoms with Crippen LogP contribution >= 0.6 is 0 Å². The fourth-order valence-electron chi connectivity index (χ4n) is 3.09.